The molecular formula is C16H23N3O3. The highest BCUT2D eigenvalue weighted by atomic mass is 16.5. The Labute approximate surface area is 130 Å². The van der Waals surface area contributed by atoms with Gasteiger partial charge in [0.2, 0.25) is 11.8 Å². The van der Waals surface area contributed by atoms with E-state index in [-0.39, 0.29) is 18.4 Å². The van der Waals surface area contributed by atoms with Crippen LogP contribution in [0, 0.1) is 0 Å². The second-order valence-electron chi connectivity index (χ2n) is 5.54. The number of nitrogens with one attached hydrogen (secondary N) is 2. The quantitative estimate of drug-likeness (QED) is 0.688. The SMILES string of the molecule is NC1(C(=O)NCC(=O)NCCc2ccccc2)CCOCC1. The summed E-state index contributed by atoms with van der Waals surface area (Å²) in [5, 5.41) is 5.39. The van der Waals surface area contributed by atoms with Gasteiger partial charge in [0.15, 0.2) is 0 Å². The molecule has 2 amide bonds. The van der Waals surface area contributed by atoms with Crippen LogP contribution in [0.3, 0.4) is 0 Å². The lowest BCUT2D eigenvalue weighted by Gasteiger charge is -2.31. The standard InChI is InChI=1S/C16H23N3O3/c17-16(7-10-22-11-8-16)15(21)19-12-14(20)18-9-6-13-4-2-1-3-5-13/h1-5H,6-12,17H2,(H,18,20)(H,19,21). The number of nitrogens with two attached hydrogens (primary N) is 1. The summed E-state index contributed by atoms with van der Waals surface area (Å²) in [5.41, 5.74) is 6.29. The highest BCUT2D eigenvalue weighted by Crippen LogP contribution is 2.17. The van der Waals surface area contributed by atoms with Gasteiger partial charge in [-0.2, -0.15) is 0 Å². The van der Waals surface area contributed by atoms with Crippen molar-refractivity contribution in [1.29, 1.82) is 0 Å². The zero-order valence-corrected chi connectivity index (χ0v) is 12.6. The second kappa shape index (κ2) is 7.91. The van der Waals surface area contributed by atoms with Crippen molar-refractivity contribution < 1.29 is 14.3 Å². The highest BCUT2D eigenvalue weighted by molar-refractivity contribution is 5.90. The first-order valence-electron chi connectivity index (χ1n) is 7.56. The average molecular weight is 305 g/mol. The largest absolute Gasteiger partial charge is 0.381 e. The minimum absolute atomic E-state index is 0.0482. The minimum atomic E-state index is -0.914. The molecule has 1 aliphatic heterocycles. The Balaban J connectivity index is 1.66. The third-order valence-electron chi connectivity index (χ3n) is 3.83. The smallest absolute Gasteiger partial charge is 0.240 e. The second-order valence-corrected chi connectivity index (χ2v) is 5.54. The van der Waals surface area contributed by atoms with Crippen molar-refractivity contribution in [3.8, 4) is 0 Å². The van der Waals surface area contributed by atoms with E-state index in [0.717, 1.165) is 12.0 Å². The van der Waals surface area contributed by atoms with Gasteiger partial charge >= 0.3 is 0 Å². The number of carbonyl (C=O) groups is 2. The normalized spacial score (nSPS) is 16.8. The summed E-state index contributed by atoms with van der Waals surface area (Å²) in [4.78, 5) is 23.8. The van der Waals surface area contributed by atoms with Crippen molar-refractivity contribution >= 4 is 11.8 Å². The molecule has 1 aliphatic rings. The van der Waals surface area contributed by atoms with Crippen LogP contribution in [0.4, 0.5) is 0 Å². The monoisotopic (exact) mass is 305 g/mol. The Morgan fingerprint density at radius 2 is 1.82 bits per heavy atom. The average Bonchev–Trinajstić information content (AvgIpc) is 2.54. The van der Waals surface area contributed by atoms with Crippen molar-refractivity contribution in [3.63, 3.8) is 0 Å². The number of carbonyl (C=O) groups excluding carboxylic acids is 2. The summed E-state index contributed by atoms with van der Waals surface area (Å²) in [5.74, 6) is -0.492. The summed E-state index contributed by atoms with van der Waals surface area (Å²) in [6.45, 7) is 1.45. The van der Waals surface area contributed by atoms with Gasteiger partial charge in [0.05, 0.1) is 12.1 Å². The third-order valence-corrected chi connectivity index (χ3v) is 3.83. The Bertz CT molecular complexity index is 499. The molecule has 0 atom stereocenters. The van der Waals surface area contributed by atoms with Crippen molar-refractivity contribution in [2.75, 3.05) is 26.3 Å². The molecule has 0 unspecified atom stereocenters. The van der Waals surface area contributed by atoms with E-state index in [1.54, 1.807) is 0 Å². The van der Waals surface area contributed by atoms with Crippen LogP contribution >= 0.6 is 0 Å². The van der Waals surface area contributed by atoms with Gasteiger partial charge in [-0.05, 0) is 24.8 Å². The molecule has 0 saturated carbocycles. The molecule has 1 saturated heterocycles. The van der Waals surface area contributed by atoms with Crippen LogP contribution in [0.1, 0.15) is 18.4 Å². The summed E-state index contributed by atoms with van der Waals surface area (Å²) in [7, 11) is 0. The summed E-state index contributed by atoms with van der Waals surface area (Å²) in [6, 6.07) is 9.91. The molecule has 0 bridgehead atoms. The molecule has 0 spiro atoms. The molecule has 0 aromatic heterocycles. The molecule has 120 valence electrons. The van der Waals surface area contributed by atoms with Gasteiger partial charge in [-0.15, -0.1) is 0 Å². The van der Waals surface area contributed by atoms with Crippen molar-refractivity contribution in [1.82, 2.24) is 10.6 Å². The van der Waals surface area contributed by atoms with Gasteiger partial charge < -0.3 is 21.1 Å². The van der Waals surface area contributed by atoms with E-state index in [4.69, 9.17) is 10.5 Å². The Morgan fingerprint density at radius 1 is 1.14 bits per heavy atom. The van der Waals surface area contributed by atoms with Gasteiger partial charge in [-0.1, -0.05) is 30.3 Å². The van der Waals surface area contributed by atoms with E-state index in [9.17, 15) is 9.59 Å². The van der Waals surface area contributed by atoms with Crippen LogP contribution < -0.4 is 16.4 Å². The number of benzene rings is 1. The van der Waals surface area contributed by atoms with Crippen molar-refractivity contribution in [2.24, 2.45) is 5.73 Å². The molecule has 1 heterocycles. The molecule has 6 heteroatoms. The van der Waals surface area contributed by atoms with E-state index in [1.807, 2.05) is 30.3 Å². The topological polar surface area (TPSA) is 93.5 Å². The minimum Gasteiger partial charge on any atom is -0.381 e. The predicted molar refractivity (Wildman–Crippen MR) is 83.1 cm³/mol. The molecule has 0 radical (unpaired) electrons. The summed E-state index contributed by atoms with van der Waals surface area (Å²) < 4.78 is 5.20. The molecular weight excluding hydrogens is 282 g/mol. The van der Waals surface area contributed by atoms with E-state index in [1.165, 1.54) is 0 Å². The van der Waals surface area contributed by atoms with E-state index in [0.29, 0.717) is 32.6 Å². The lowest BCUT2D eigenvalue weighted by molar-refractivity contribution is -0.132. The molecule has 1 aromatic carbocycles. The zero-order chi connectivity index (χ0) is 15.8. The molecule has 1 fully saturated rings. The Kier molecular flexibility index (Phi) is 5.91. The number of hydrogen-bond donors (Lipinski definition) is 3. The first-order chi connectivity index (χ1) is 10.6. The molecule has 1 aromatic rings. The van der Waals surface area contributed by atoms with Gasteiger partial charge in [-0.25, -0.2) is 0 Å². The predicted octanol–water partition coefficient (Wildman–Crippen LogP) is -0.0306. The van der Waals surface area contributed by atoms with E-state index >= 15 is 0 Å². The zero-order valence-electron chi connectivity index (χ0n) is 12.6. The van der Waals surface area contributed by atoms with Gasteiger partial charge in [0.25, 0.3) is 0 Å². The van der Waals surface area contributed by atoms with Gasteiger partial charge in [0.1, 0.15) is 0 Å². The van der Waals surface area contributed by atoms with Crippen molar-refractivity contribution in [2.45, 2.75) is 24.8 Å². The lowest BCUT2D eigenvalue weighted by atomic mass is 9.90. The number of hydrogen-bond acceptors (Lipinski definition) is 4. The first kappa shape index (κ1) is 16.5. The van der Waals surface area contributed by atoms with Crippen LogP contribution in [-0.4, -0.2) is 43.7 Å². The first-order valence-corrected chi connectivity index (χ1v) is 7.56. The van der Waals surface area contributed by atoms with E-state index in [2.05, 4.69) is 10.6 Å². The maximum Gasteiger partial charge on any atom is 0.240 e. The van der Waals surface area contributed by atoms with Crippen LogP contribution in [0.15, 0.2) is 30.3 Å². The van der Waals surface area contributed by atoms with Crippen LogP contribution in [-0.2, 0) is 20.7 Å². The highest BCUT2D eigenvalue weighted by Gasteiger charge is 2.35. The van der Waals surface area contributed by atoms with Gasteiger partial charge in [-0.3, -0.25) is 9.59 Å². The van der Waals surface area contributed by atoms with Crippen LogP contribution in [0.2, 0.25) is 0 Å². The fraction of sp³-hybridized carbons (Fsp3) is 0.500. The molecule has 6 nitrogen and oxygen atoms in total. The molecule has 22 heavy (non-hydrogen) atoms. The third kappa shape index (κ3) is 4.82. The summed E-state index contributed by atoms with van der Waals surface area (Å²) in [6.07, 6.45) is 1.72. The fourth-order valence-electron chi connectivity index (χ4n) is 2.35. The molecule has 4 N–H and O–H groups in total. The van der Waals surface area contributed by atoms with E-state index < -0.39 is 5.54 Å². The molecule has 0 aliphatic carbocycles. The van der Waals surface area contributed by atoms with Gasteiger partial charge in [0, 0.05) is 19.8 Å². The maximum atomic E-state index is 12.0. The number of amides is 2. The summed E-state index contributed by atoms with van der Waals surface area (Å²) >= 11 is 0. The lowest BCUT2D eigenvalue weighted by Crippen LogP contribution is -2.58. The Morgan fingerprint density at radius 3 is 2.50 bits per heavy atom. The van der Waals surface area contributed by atoms with Crippen molar-refractivity contribution in [3.05, 3.63) is 35.9 Å². The number of ether oxygens (including phenoxy) is 1. The number of rotatable bonds is 6. The Hall–Kier alpha value is -1.92. The van der Waals surface area contributed by atoms with Crippen LogP contribution in [0.25, 0.3) is 0 Å². The maximum absolute atomic E-state index is 12.0. The van der Waals surface area contributed by atoms with Crippen LogP contribution in [0.5, 0.6) is 0 Å². The molecule has 2 rings (SSSR count). The fourth-order valence-corrected chi connectivity index (χ4v) is 2.35.